The van der Waals surface area contributed by atoms with Crippen LogP contribution in [0.2, 0.25) is 0 Å². The molecule has 24 N–H and O–H groups in total. The molecule has 0 aliphatic carbocycles. The van der Waals surface area contributed by atoms with Gasteiger partial charge in [0.1, 0.15) is 104 Å². The fraction of sp³-hybridized carbons (Fsp3) is 0.894. The van der Waals surface area contributed by atoms with Gasteiger partial charge in [0.25, 0.3) is 17.4 Å². The van der Waals surface area contributed by atoms with E-state index in [2.05, 4.69) is 47.3 Å². The summed E-state index contributed by atoms with van der Waals surface area (Å²) in [6.07, 6.45) is -17.5. The van der Waals surface area contributed by atoms with Gasteiger partial charge in [0.15, 0.2) is 12.6 Å². The van der Waals surface area contributed by atoms with Crippen molar-refractivity contribution in [3.8, 4) is 0 Å². The molecule has 5 rings (SSSR count). The molecule has 0 radical (unpaired) electrons. The molecule has 5 saturated heterocycles. The number of nitrogens with one attached hydrogen (secondary N) is 4. The Hall–Kier alpha value is -5.05. The highest BCUT2D eigenvalue weighted by molar-refractivity contribution is 5.79. The van der Waals surface area contributed by atoms with E-state index in [1.165, 1.54) is 96.3 Å². The van der Waals surface area contributed by atoms with Crippen molar-refractivity contribution in [2.45, 2.75) is 442 Å². The molecular formula is C85H150N4O37. The fourth-order valence-corrected chi connectivity index (χ4v) is 16.8. The Morgan fingerprint density at radius 2 is 0.794 bits per heavy atom. The average molecular weight is 1820 g/mol. The lowest BCUT2D eigenvalue weighted by Gasteiger charge is -2.51. The number of aliphatic hydroxyl groups excluding tert-OH is 17. The summed E-state index contributed by atoms with van der Waals surface area (Å²) < 4.78 is 58.3. The lowest BCUT2D eigenvalue weighted by molar-refractivity contribution is -0.388. The molecule has 3 unspecified atom stereocenters. The van der Waals surface area contributed by atoms with Crippen molar-refractivity contribution in [2.24, 2.45) is 0 Å². The van der Waals surface area contributed by atoms with Crippen LogP contribution < -0.4 is 21.3 Å². The van der Waals surface area contributed by atoms with Crippen LogP contribution in [-0.4, -0.2) is 366 Å². The van der Waals surface area contributed by atoms with E-state index in [9.17, 15) is 136 Å². The van der Waals surface area contributed by atoms with Crippen LogP contribution in [0.3, 0.4) is 0 Å². The highest BCUT2D eigenvalue weighted by Gasteiger charge is 2.64. The van der Waals surface area contributed by atoms with Gasteiger partial charge in [-0.3, -0.25) is 19.2 Å². The molecule has 0 aromatic carbocycles. The molecule has 0 saturated carbocycles. The summed E-state index contributed by atoms with van der Waals surface area (Å²) >= 11 is 0. The molecule has 30 atom stereocenters. The predicted octanol–water partition coefficient (Wildman–Crippen LogP) is -0.927. The van der Waals surface area contributed by atoms with Crippen LogP contribution >= 0.6 is 0 Å². The standard InChI is InChI=1S/C85H150N4O37/c1-6-8-10-12-14-16-18-20-21-22-23-24-25-27-29-31-33-35-37-39-62(103)89-52(53(98)38-36-34-32-30-28-26-19-17-15-13-11-9-7-2)48-117-78-71(109)70(108)73(61(47-94)119-78)120-79-72(110)77(67(105)58(44-91)118-79)126-85(82(115)116)42-56(101)65(88-51(5)97)76(125-85)69(107)60(46-93)122-84(81(113)114)41-55(100)64(87-50(4)96)75(124-84)68(106)59(45-92)121-83(80(111)112)40-54(99)63(86-49(3)95)74(123-83)66(104)57(102)43-90/h20-21,52-61,63-79,90-94,98-102,104-110H,6-19,22-48H2,1-5H3,(H,86,95)(H,87,96)(H,88,97)(H,89,103)(H,111,112)(H,113,114)(H,115,116)/t52-,53+,54-,55-,56-,57+,58+,59+,60+,61+,63+,64+,65+,66+,67-,68+,69+,70+,71+,72+,73+,74?,75?,76?,77-,78+,79-,83+,84+,85-/m0/s1. The molecule has 5 heterocycles. The Balaban J connectivity index is 1.33. The van der Waals surface area contributed by atoms with Crippen LogP contribution in [0.15, 0.2) is 12.2 Å². The largest absolute Gasteiger partial charge is 0.477 e. The first-order chi connectivity index (χ1) is 60.0. The van der Waals surface area contributed by atoms with Crippen molar-refractivity contribution < 1.29 is 183 Å². The molecule has 5 aliphatic heterocycles. The Morgan fingerprint density at radius 3 is 1.18 bits per heavy atom. The van der Waals surface area contributed by atoms with Crippen LogP contribution in [0.4, 0.5) is 0 Å². The molecule has 0 spiro atoms. The van der Waals surface area contributed by atoms with Crippen LogP contribution in [0.5, 0.6) is 0 Å². The number of ether oxygens (including phenoxy) is 10. The SMILES string of the molecule is CCCCCCCCC=CCCCCCCCCCCCC(=O)N[C@@H](CO[C@@H]1O[C@H](CO)[C@@H](O[C@@H]2O[C@H](CO)[C@H](O)[C@H](O[C@]3(C(=O)O)C[C@H](O)[C@@H](NC(C)=O)C([C@H](O)[C@@H](CO)O[C@]4(C(=O)O)C[C@H](O)[C@@H](NC(C)=O)C([C@H](O)[C@@H](CO)O[C@]5(C(=O)O)C[C@H](O)[C@@H](NC(C)=O)C([C@H](O)[C@H](O)CO)O5)O4)O3)[C@H]2O)[C@H](O)[C@H]1O)[C@H](O)CCCCCCCCCCCCCCC. The topological polar surface area (TPSA) is 665 Å². The smallest absolute Gasteiger partial charge is 0.364 e. The van der Waals surface area contributed by atoms with Crippen molar-refractivity contribution in [1.29, 1.82) is 0 Å². The molecule has 126 heavy (non-hydrogen) atoms. The number of carboxylic acids is 3. The van der Waals surface area contributed by atoms with E-state index in [1.807, 2.05) is 0 Å². The van der Waals surface area contributed by atoms with Crippen LogP contribution in [-0.2, 0) is 80.9 Å². The number of allylic oxidation sites excluding steroid dienone is 2. The van der Waals surface area contributed by atoms with Gasteiger partial charge in [0.05, 0.1) is 88.2 Å². The minimum absolute atomic E-state index is 0.141. The average Bonchev–Trinajstić information content (AvgIpc) is 0.749. The molecule has 0 bridgehead atoms. The lowest BCUT2D eigenvalue weighted by Crippen LogP contribution is -2.72. The van der Waals surface area contributed by atoms with Gasteiger partial charge >= 0.3 is 17.9 Å². The van der Waals surface area contributed by atoms with Gasteiger partial charge in [-0.1, -0.05) is 187 Å². The van der Waals surface area contributed by atoms with E-state index >= 15 is 0 Å². The predicted molar refractivity (Wildman–Crippen MR) is 443 cm³/mol. The van der Waals surface area contributed by atoms with E-state index in [0.717, 1.165) is 104 Å². The molecular weight excluding hydrogens is 1670 g/mol. The summed E-state index contributed by atoms with van der Waals surface area (Å²) in [5.74, 6) is -20.5. The zero-order valence-corrected chi connectivity index (χ0v) is 73.6. The normalized spacial score (nSPS) is 32.1. The Morgan fingerprint density at radius 1 is 0.421 bits per heavy atom. The van der Waals surface area contributed by atoms with Gasteiger partial charge in [-0.05, 0) is 38.5 Å². The summed E-state index contributed by atoms with van der Waals surface area (Å²) in [4.78, 5) is 92.3. The highest BCUT2D eigenvalue weighted by atomic mass is 16.8. The maximum atomic E-state index is 13.8. The first-order valence-corrected chi connectivity index (χ1v) is 45.3. The number of hydrogen-bond acceptors (Lipinski definition) is 34. The second-order valence-corrected chi connectivity index (χ2v) is 34.3. The minimum atomic E-state index is -3.57. The summed E-state index contributed by atoms with van der Waals surface area (Å²) in [6, 6.07) is -6.94. The van der Waals surface area contributed by atoms with Gasteiger partial charge in [-0.2, -0.15) is 0 Å². The fourth-order valence-electron chi connectivity index (χ4n) is 16.8. The third-order valence-corrected chi connectivity index (χ3v) is 24.0. The van der Waals surface area contributed by atoms with Gasteiger partial charge in [-0.25, -0.2) is 14.4 Å². The molecule has 0 aromatic rings. The Kier molecular flexibility index (Phi) is 50.8. The lowest BCUT2D eigenvalue weighted by atomic mass is 9.86. The van der Waals surface area contributed by atoms with Crippen molar-refractivity contribution >= 4 is 41.5 Å². The molecule has 4 amide bonds. The van der Waals surface area contributed by atoms with Crippen LogP contribution in [0.25, 0.3) is 0 Å². The van der Waals surface area contributed by atoms with Crippen molar-refractivity contribution in [3.05, 3.63) is 12.2 Å². The zero-order valence-electron chi connectivity index (χ0n) is 73.6. The van der Waals surface area contributed by atoms with Gasteiger partial charge < -0.3 is 171 Å². The minimum Gasteiger partial charge on any atom is -0.477 e. The molecule has 0 aromatic heterocycles. The Bertz CT molecular complexity index is 3180. The number of rotatable bonds is 63. The van der Waals surface area contributed by atoms with Gasteiger partial charge in [0, 0.05) is 46.5 Å². The number of amides is 4. The zero-order chi connectivity index (χ0) is 93.4. The molecule has 5 aliphatic rings. The van der Waals surface area contributed by atoms with Crippen molar-refractivity contribution in [1.82, 2.24) is 21.3 Å². The summed E-state index contributed by atoms with van der Waals surface area (Å²) in [7, 11) is 0. The van der Waals surface area contributed by atoms with E-state index < -0.39 is 277 Å². The number of unbranched alkanes of at least 4 members (excludes halogenated alkanes) is 27. The first-order valence-electron chi connectivity index (χ1n) is 45.3. The monoisotopic (exact) mass is 1820 g/mol. The maximum Gasteiger partial charge on any atom is 0.364 e. The maximum absolute atomic E-state index is 13.8. The molecule has 5 fully saturated rings. The van der Waals surface area contributed by atoms with Gasteiger partial charge in [0.2, 0.25) is 23.6 Å². The third kappa shape index (κ3) is 33.9. The van der Waals surface area contributed by atoms with E-state index in [-0.39, 0.29) is 18.7 Å². The first kappa shape index (κ1) is 111. The number of hydrogen-bond donors (Lipinski definition) is 24. The molecule has 41 nitrogen and oxygen atoms in total. The summed E-state index contributed by atoms with van der Waals surface area (Å²) in [6.45, 7) is 0.00349. The molecule has 732 valence electrons. The number of aliphatic hydroxyl groups is 17. The van der Waals surface area contributed by atoms with E-state index in [4.69, 9.17) is 47.4 Å². The van der Waals surface area contributed by atoms with Crippen LogP contribution in [0.1, 0.15) is 259 Å². The number of aliphatic carboxylic acids is 3. The van der Waals surface area contributed by atoms with E-state index in [0.29, 0.717) is 12.8 Å². The van der Waals surface area contributed by atoms with Crippen molar-refractivity contribution in [3.63, 3.8) is 0 Å². The second-order valence-electron chi connectivity index (χ2n) is 34.3. The molecule has 41 heteroatoms. The highest BCUT2D eigenvalue weighted by Crippen LogP contribution is 2.43. The van der Waals surface area contributed by atoms with Crippen molar-refractivity contribution in [2.75, 3.05) is 39.6 Å². The third-order valence-electron chi connectivity index (χ3n) is 24.0. The Labute approximate surface area is 736 Å². The quantitative estimate of drug-likeness (QED) is 0.0258. The number of carbonyl (C=O) groups excluding carboxylic acids is 4. The summed E-state index contributed by atoms with van der Waals surface area (Å²) in [5, 5.41) is 235. The number of carboxylic acid groups (broad SMARTS) is 3. The van der Waals surface area contributed by atoms with Crippen LogP contribution in [0, 0.1) is 0 Å². The second kappa shape index (κ2) is 57.4. The van der Waals surface area contributed by atoms with Gasteiger partial charge in [-0.15, -0.1) is 0 Å². The number of carbonyl (C=O) groups is 7. The van der Waals surface area contributed by atoms with E-state index in [1.54, 1.807) is 0 Å². The summed E-state index contributed by atoms with van der Waals surface area (Å²) in [5.41, 5.74) is 0.